The van der Waals surface area contributed by atoms with E-state index in [1.807, 2.05) is 45.2 Å². The van der Waals surface area contributed by atoms with Crippen molar-refractivity contribution in [1.29, 1.82) is 0 Å². The SMILES string of the molecule is N[C@H](Cc1ccc(Oc2cc(I)c(O)c(I)c2)cc1)C(=O)O. The molecule has 2 aromatic carbocycles. The summed E-state index contributed by atoms with van der Waals surface area (Å²) in [5, 5.41) is 18.5. The Morgan fingerprint density at radius 3 is 2.18 bits per heavy atom. The molecule has 0 aliphatic heterocycles. The third kappa shape index (κ3) is 4.46. The van der Waals surface area contributed by atoms with Crippen molar-refractivity contribution in [2.24, 2.45) is 5.73 Å². The van der Waals surface area contributed by atoms with Crippen molar-refractivity contribution >= 4 is 51.2 Å². The van der Waals surface area contributed by atoms with Crippen molar-refractivity contribution in [2.45, 2.75) is 12.5 Å². The van der Waals surface area contributed by atoms with Crippen molar-refractivity contribution in [1.82, 2.24) is 0 Å². The molecule has 4 N–H and O–H groups in total. The Balaban J connectivity index is 2.10. The maximum atomic E-state index is 10.7. The molecule has 22 heavy (non-hydrogen) atoms. The molecular formula is C15H13I2NO4. The largest absolute Gasteiger partial charge is 0.506 e. The van der Waals surface area contributed by atoms with E-state index >= 15 is 0 Å². The summed E-state index contributed by atoms with van der Waals surface area (Å²) in [7, 11) is 0. The first-order valence-electron chi connectivity index (χ1n) is 6.30. The molecule has 2 rings (SSSR count). The van der Waals surface area contributed by atoms with Crippen LogP contribution in [0.15, 0.2) is 36.4 Å². The highest BCUT2D eigenvalue weighted by Crippen LogP contribution is 2.32. The molecule has 0 fully saturated rings. The Morgan fingerprint density at radius 2 is 1.68 bits per heavy atom. The lowest BCUT2D eigenvalue weighted by atomic mass is 10.1. The summed E-state index contributed by atoms with van der Waals surface area (Å²) >= 11 is 4.08. The highest BCUT2D eigenvalue weighted by molar-refractivity contribution is 14.1. The molecule has 0 amide bonds. The first-order valence-corrected chi connectivity index (χ1v) is 8.45. The van der Waals surface area contributed by atoms with Crippen LogP contribution >= 0.6 is 45.2 Å². The van der Waals surface area contributed by atoms with E-state index in [4.69, 9.17) is 15.6 Å². The summed E-state index contributed by atoms with van der Waals surface area (Å²) in [6, 6.07) is 9.67. The molecule has 0 spiro atoms. The average Bonchev–Trinajstić information content (AvgIpc) is 2.46. The van der Waals surface area contributed by atoms with Crippen molar-refractivity contribution in [2.75, 3.05) is 0 Å². The van der Waals surface area contributed by atoms with Crippen LogP contribution in [0.5, 0.6) is 17.2 Å². The highest BCUT2D eigenvalue weighted by Gasteiger charge is 2.12. The van der Waals surface area contributed by atoms with Gasteiger partial charge in [-0.3, -0.25) is 4.79 Å². The fraction of sp³-hybridized carbons (Fsp3) is 0.133. The Hall–Kier alpha value is -1.07. The molecule has 0 radical (unpaired) electrons. The summed E-state index contributed by atoms with van der Waals surface area (Å²) in [5.41, 5.74) is 6.33. The van der Waals surface area contributed by atoms with Gasteiger partial charge in [0, 0.05) is 0 Å². The van der Waals surface area contributed by atoms with E-state index in [0.717, 1.165) is 5.56 Å². The molecule has 1 atom stereocenters. The second-order valence-corrected chi connectivity index (χ2v) is 6.95. The monoisotopic (exact) mass is 525 g/mol. The van der Waals surface area contributed by atoms with Gasteiger partial charge in [0.15, 0.2) is 0 Å². The minimum atomic E-state index is -1.02. The number of aromatic hydroxyl groups is 1. The fourth-order valence-electron chi connectivity index (χ4n) is 1.77. The lowest BCUT2D eigenvalue weighted by molar-refractivity contribution is -0.138. The van der Waals surface area contributed by atoms with Crippen LogP contribution in [0.3, 0.4) is 0 Å². The van der Waals surface area contributed by atoms with Crippen LogP contribution in [0.4, 0.5) is 0 Å². The van der Waals surface area contributed by atoms with E-state index in [9.17, 15) is 9.90 Å². The van der Waals surface area contributed by atoms with Crippen LogP contribution in [0.1, 0.15) is 5.56 Å². The predicted molar refractivity (Wildman–Crippen MR) is 99.4 cm³/mol. The van der Waals surface area contributed by atoms with Crippen molar-refractivity contribution in [3.63, 3.8) is 0 Å². The molecule has 2 aromatic rings. The Labute approximate surface area is 154 Å². The van der Waals surface area contributed by atoms with Gasteiger partial charge in [-0.25, -0.2) is 0 Å². The quantitative estimate of drug-likeness (QED) is 0.522. The number of rotatable bonds is 5. The van der Waals surface area contributed by atoms with Gasteiger partial charge in [0.05, 0.1) is 7.14 Å². The van der Waals surface area contributed by atoms with Gasteiger partial charge in [-0.2, -0.15) is 0 Å². The second-order valence-electron chi connectivity index (χ2n) is 4.63. The zero-order valence-corrected chi connectivity index (χ0v) is 15.6. The molecule has 0 bridgehead atoms. The molecule has 0 aromatic heterocycles. The van der Waals surface area contributed by atoms with E-state index in [1.165, 1.54) is 0 Å². The number of phenolic OH excluding ortho intramolecular Hbond substituents is 1. The molecule has 5 nitrogen and oxygen atoms in total. The lowest BCUT2D eigenvalue weighted by Crippen LogP contribution is -2.32. The van der Waals surface area contributed by atoms with Gasteiger partial charge >= 0.3 is 5.97 Å². The summed E-state index contributed by atoms with van der Waals surface area (Å²) in [4.78, 5) is 10.7. The molecular weight excluding hydrogens is 512 g/mol. The number of phenols is 1. The van der Waals surface area contributed by atoms with E-state index in [2.05, 4.69) is 0 Å². The Bertz CT molecular complexity index is 665. The summed E-state index contributed by atoms with van der Waals surface area (Å²) in [5.74, 6) is 0.478. The number of halogens is 2. The third-order valence-corrected chi connectivity index (χ3v) is 4.57. The van der Waals surface area contributed by atoms with Gasteiger partial charge in [0.25, 0.3) is 0 Å². The first-order chi connectivity index (χ1) is 10.4. The zero-order chi connectivity index (χ0) is 16.3. The fourth-order valence-corrected chi connectivity index (χ4v) is 3.48. The van der Waals surface area contributed by atoms with Crippen LogP contribution in [-0.2, 0) is 11.2 Å². The van der Waals surface area contributed by atoms with Crippen LogP contribution < -0.4 is 10.5 Å². The third-order valence-electron chi connectivity index (χ3n) is 2.92. The Kier molecular flexibility index (Phi) is 5.87. The Morgan fingerprint density at radius 1 is 1.14 bits per heavy atom. The number of benzene rings is 2. The number of aliphatic carboxylic acids is 1. The van der Waals surface area contributed by atoms with Gasteiger partial charge in [0.1, 0.15) is 23.3 Å². The normalized spacial score (nSPS) is 12.0. The van der Waals surface area contributed by atoms with Gasteiger partial charge in [-0.15, -0.1) is 0 Å². The van der Waals surface area contributed by atoms with E-state index in [-0.39, 0.29) is 12.2 Å². The molecule has 0 unspecified atom stereocenters. The van der Waals surface area contributed by atoms with Crippen LogP contribution in [-0.4, -0.2) is 22.2 Å². The molecule has 0 saturated heterocycles. The molecule has 0 heterocycles. The van der Waals surface area contributed by atoms with Gasteiger partial charge in [-0.05, 0) is 81.4 Å². The predicted octanol–water partition coefficient (Wildman–Crippen LogP) is 3.35. The number of nitrogens with two attached hydrogens (primary N) is 1. The number of carboxylic acid groups (broad SMARTS) is 1. The number of ether oxygens (including phenoxy) is 1. The first kappa shape index (κ1) is 17.3. The zero-order valence-electron chi connectivity index (χ0n) is 11.3. The van der Waals surface area contributed by atoms with Gasteiger partial charge in [-0.1, -0.05) is 12.1 Å². The molecule has 0 aliphatic carbocycles. The highest BCUT2D eigenvalue weighted by atomic mass is 127. The molecule has 0 saturated carbocycles. The molecule has 7 heteroatoms. The lowest BCUT2D eigenvalue weighted by Gasteiger charge is -2.10. The maximum Gasteiger partial charge on any atom is 0.320 e. The van der Waals surface area contributed by atoms with E-state index < -0.39 is 12.0 Å². The summed E-state index contributed by atoms with van der Waals surface area (Å²) in [6.45, 7) is 0. The number of hydrogen-bond donors (Lipinski definition) is 3. The number of hydrogen-bond acceptors (Lipinski definition) is 4. The number of carbonyl (C=O) groups is 1. The number of carboxylic acids is 1. The standard InChI is InChI=1S/C15H13I2NO4/c16-11-6-10(7-12(17)14(11)19)22-9-3-1-8(2-4-9)5-13(18)15(20)21/h1-4,6-7,13,19H,5,18H2,(H,20,21)/t13-/m1/s1. The second kappa shape index (κ2) is 7.47. The minimum absolute atomic E-state index is 0.242. The topological polar surface area (TPSA) is 92.8 Å². The van der Waals surface area contributed by atoms with Crippen LogP contribution in [0.2, 0.25) is 0 Å². The van der Waals surface area contributed by atoms with E-state index in [0.29, 0.717) is 18.6 Å². The van der Waals surface area contributed by atoms with E-state index in [1.54, 1.807) is 36.4 Å². The average molecular weight is 525 g/mol. The van der Waals surface area contributed by atoms with Crippen molar-refractivity contribution in [3.05, 3.63) is 49.1 Å². The maximum absolute atomic E-state index is 10.7. The minimum Gasteiger partial charge on any atom is -0.506 e. The van der Waals surface area contributed by atoms with Crippen LogP contribution in [0, 0.1) is 7.14 Å². The molecule has 116 valence electrons. The smallest absolute Gasteiger partial charge is 0.320 e. The van der Waals surface area contributed by atoms with Crippen molar-refractivity contribution < 1.29 is 19.7 Å². The summed E-state index contributed by atoms with van der Waals surface area (Å²) < 4.78 is 7.16. The summed E-state index contributed by atoms with van der Waals surface area (Å²) in [6.07, 6.45) is 0.268. The van der Waals surface area contributed by atoms with Gasteiger partial charge < -0.3 is 20.7 Å². The van der Waals surface area contributed by atoms with Crippen molar-refractivity contribution in [3.8, 4) is 17.2 Å². The van der Waals surface area contributed by atoms with Gasteiger partial charge in [0.2, 0.25) is 0 Å². The van der Waals surface area contributed by atoms with Crippen LogP contribution in [0.25, 0.3) is 0 Å². The molecule has 0 aliphatic rings.